The van der Waals surface area contributed by atoms with Crippen LogP contribution in [0.5, 0.6) is 0 Å². The first-order chi connectivity index (χ1) is 7.20. The Bertz CT molecular complexity index is 260. The minimum absolute atomic E-state index is 0.0888. The van der Waals surface area contributed by atoms with Gasteiger partial charge in [0.05, 0.1) is 0 Å². The maximum atomic E-state index is 11.4. The molecular formula is C14H25ClO. The summed E-state index contributed by atoms with van der Waals surface area (Å²) in [7, 11) is 0. The second-order valence-electron chi connectivity index (χ2n) is 5.63. The molecule has 0 heterocycles. The third-order valence-corrected chi connectivity index (χ3v) is 3.76. The fourth-order valence-electron chi connectivity index (χ4n) is 1.36. The summed E-state index contributed by atoms with van der Waals surface area (Å²) in [4.78, 5) is 11.4. The largest absolute Gasteiger partial charge is 0.299 e. The smallest absolute Gasteiger partial charge is 0.135 e. The topological polar surface area (TPSA) is 17.1 Å². The van der Waals surface area contributed by atoms with Gasteiger partial charge in [-0.05, 0) is 17.8 Å². The number of allylic oxidation sites excluding steroid dienone is 2. The lowest BCUT2D eigenvalue weighted by molar-refractivity contribution is -0.121. The van der Waals surface area contributed by atoms with Gasteiger partial charge in [0.15, 0.2) is 0 Å². The van der Waals surface area contributed by atoms with Gasteiger partial charge in [0.2, 0.25) is 0 Å². The van der Waals surface area contributed by atoms with Crippen molar-refractivity contribution < 1.29 is 4.79 Å². The molecule has 0 aliphatic carbocycles. The highest BCUT2D eigenvalue weighted by Crippen LogP contribution is 2.33. The van der Waals surface area contributed by atoms with Crippen molar-refractivity contribution in [3.63, 3.8) is 0 Å². The van der Waals surface area contributed by atoms with Crippen molar-refractivity contribution in [1.82, 2.24) is 0 Å². The van der Waals surface area contributed by atoms with Crippen LogP contribution in [0.2, 0.25) is 0 Å². The summed E-state index contributed by atoms with van der Waals surface area (Å²) >= 11 is 6.26. The molecule has 0 saturated heterocycles. The summed E-state index contributed by atoms with van der Waals surface area (Å²) in [5.74, 6) is 0.730. The third-order valence-electron chi connectivity index (χ3n) is 3.28. The lowest BCUT2D eigenvalue weighted by Gasteiger charge is -2.27. The number of Topliss-reactive ketones (excluding diaryl/α,β-unsaturated/α-hetero) is 1. The number of hydrogen-bond donors (Lipinski definition) is 0. The Labute approximate surface area is 105 Å². The van der Waals surface area contributed by atoms with Crippen LogP contribution in [0.1, 0.15) is 54.4 Å². The Kier molecular flexibility index (Phi) is 6.32. The molecule has 0 rings (SSSR count). The Hall–Kier alpha value is -0.300. The highest BCUT2D eigenvalue weighted by molar-refractivity contribution is 6.29. The van der Waals surface area contributed by atoms with Crippen molar-refractivity contribution >= 4 is 17.4 Å². The van der Waals surface area contributed by atoms with E-state index in [1.54, 1.807) is 0 Å². The maximum Gasteiger partial charge on any atom is 0.135 e. The highest BCUT2D eigenvalue weighted by Gasteiger charge is 2.22. The van der Waals surface area contributed by atoms with Gasteiger partial charge in [-0.25, -0.2) is 0 Å². The zero-order valence-electron chi connectivity index (χ0n) is 11.4. The van der Waals surface area contributed by atoms with E-state index in [1.165, 1.54) is 0 Å². The molecule has 1 nitrogen and oxygen atoms in total. The van der Waals surface area contributed by atoms with Gasteiger partial charge in [0.25, 0.3) is 0 Å². The molecule has 0 bridgehead atoms. The van der Waals surface area contributed by atoms with Gasteiger partial charge < -0.3 is 0 Å². The van der Waals surface area contributed by atoms with E-state index in [0.29, 0.717) is 18.1 Å². The van der Waals surface area contributed by atoms with E-state index in [2.05, 4.69) is 27.7 Å². The SMILES string of the molecule is CCC(=O)C(C)C/C=C(/Cl)[C@@H](C)C(C)(C)C. The van der Waals surface area contributed by atoms with Crippen molar-refractivity contribution in [3.05, 3.63) is 11.1 Å². The van der Waals surface area contributed by atoms with Gasteiger partial charge in [-0.1, -0.05) is 59.2 Å². The lowest BCUT2D eigenvalue weighted by Crippen LogP contribution is -2.17. The Balaban J connectivity index is 4.40. The van der Waals surface area contributed by atoms with Crippen LogP contribution < -0.4 is 0 Å². The number of rotatable bonds is 5. The van der Waals surface area contributed by atoms with Gasteiger partial charge in [-0.3, -0.25) is 4.79 Å². The number of halogens is 1. The molecule has 0 aromatic rings. The van der Waals surface area contributed by atoms with Crippen LogP contribution in [0, 0.1) is 17.3 Å². The lowest BCUT2D eigenvalue weighted by atomic mass is 9.81. The molecular weight excluding hydrogens is 220 g/mol. The fourth-order valence-corrected chi connectivity index (χ4v) is 1.78. The molecule has 0 saturated carbocycles. The number of carbonyl (C=O) groups is 1. The molecule has 0 spiro atoms. The standard InChI is InChI=1S/C14H25ClO/c1-7-13(16)10(2)8-9-12(15)11(3)14(4,5)6/h9-11H,7-8H2,1-6H3/b12-9+/t10?,11-/m1/s1. The van der Waals surface area contributed by atoms with Gasteiger partial charge in [0.1, 0.15) is 5.78 Å². The van der Waals surface area contributed by atoms with Crippen LogP contribution >= 0.6 is 11.6 Å². The van der Waals surface area contributed by atoms with E-state index in [1.807, 2.05) is 19.9 Å². The molecule has 0 aliphatic heterocycles. The minimum atomic E-state index is 0.0888. The monoisotopic (exact) mass is 244 g/mol. The summed E-state index contributed by atoms with van der Waals surface area (Å²) in [5.41, 5.74) is 0.172. The predicted octanol–water partition coefficient (Wildman–Crippen LogP) is 4.80. The fraction of sp³-hybridized carbons (Fsp3) is 0.786. The maximum absolute atomic E-state index is 11.4. The van der Waals surface area contributed by atoms with Crippen LogP contribution in [-0.4, -0.2) is 5.78 Å². The average molecular weight is 245 g/mol. The zero-order chi connectivity index (χ0) is 12.9. The molecule has 1 unspecified atom stereocenters. The normalized spacial score (nSPS) is 17.1. The second-order valence-corrected chi connectivity index (χ2v) is 6.07. The predicted molar refractivity (Wildman–Crippen MR) is 71.6 cm³/mol. The average Bonchev–Trinajstić information content (AvgIpc) is 2.21. The number of hydrogen-bond acceptors (Lipinski definition) is 1. The molecule has 94 valence electrons. The van der Waals surface area contributed by atoms with Crippen molar-refractivity contribution in [2.45, 2.75) is 54.4 Å². The van der Waals surface area contributed by atoms with Gasteiger partial charge >= 0.3 is 0 Å². The van der Waals surface area contributed by atoms with Gasteiger partial charge in [-0.15, -0.1) is 0 Å². The van der Waals surface area contributed by atoms with Crippen molar-refractivity contribution in [2.75, 3.05) is 0 Å². The molecule has 2 atom stereocenters. The van der Waals surface area contributed by atoms with Crippen molar-refractivity contribution in [3.8, 4) is 0 Å². The second kappa shape index (κ2) is 6.44. The highest BCUT2D eigenvalue weighted by atomic mass is 35.5. The molecule has 0 radical (unpaired) electrons. The van der Waals surface area contributed by atoms with Crippen LogP contribution in [0.25, 0.3) is 0 Å². The number of ketones is 1. The molecule has 0 aliphatic rings. The van der Waals surface area contributed by atoms with E-state index < -0.39 is 0 Å². The third kappa shape index (κ3) is 5.16. The summed E-state index contributed by atoms with van der Waals surface area (Å²) in [6, 6.07) is 0. The van der Waals surface area contributed by atoms with Crippen LogP contribution in [0.3, 0.4) is 0 Å². The van der Waals surface area contributed by atoms with E-state index in [4.69, 9.17) is 11.6 Å². The van der Waals surface area contributed by atoms with Crippen molar-refractivity contribution in [1.29, 1.82) is 0 Å². The quantitative estimate of drug-likeness (QED) is 0.679. The zero-order valence-corrected chi connectivity index (χ0v) is 12.2. The van der Waals surface area contributed by atoms with Crippen LogP contribution in [-0.2, 0) is 4.79 Å². The van der Waals surface area contributed by atoms with Gasteiger partial charge in [0, 0.05) is 17.4 Å². The molecule has 0 fully saturated rings. The summed E-state index contributed by atoms with van der Waals surface area (Å²) in [6.07, 6.45) is 3.38. The summed E-state index contributed by atoms with van der Waals surface area (Å²) in [6.45, 7) is 12.5. The molecule has 0 amide bonds. The van der Waals surface area contributed by atoms with Crippen molar-refractivity contribution in [2.24, 2.45) is 17.3 Å². The van der Waals surface area contributed by atoms with E-state index >= 15 is 0 Å². The van der Waals surface area contributed by atoms with E-state index in [-0.39, 0.29) is 11.3 Å². The molecule has 0 aromatic carbocycles. The first-order valence-electron chi connectivity index (χ1n) is 6.08. The molecule has 16 heavy (non-hydrogen) atoms. The first kappa shape index (κ1) is 15.7. The number of carbonyl (C=O) groups excluding carboxylic acids is 1. The van der Waals surface area contributed by atoms with E-state index in [0.717, 1.165) is 11.5 Å². The summed E-state index contributed by atoms with van der Waals surface area (Å²) in [5, 5.41) is 0.878. The molecule has 0 aromatic heterocycles. The summed E-state index contributed by atoms with van der Waals surface area (Å²) < 4.78 is 0. The van der Waals surface area contributed by atoms with Crippen LogP contribution in [0.15, 0.2) is 11.1 Å². The van der Waals surface area contributed by atoms with Gasteiger partial charge in [-0.2, -0.15) is 0 Å². The minimum Gasteiger partial charge on any atom is -0.299 e. The Morgan fingerprint density at radius 2 is 1.81 bits per heavy atom. The van der Waals surface area contributed by atoms with E-state index in [9.17, 15) is 4.79 Å². The molecule has 0 N–H and O–H groups in total. The van der Waals surface area contributed by atoms with Crippen LogP contribution in [0.4, 0.5) is 0 Å². The Morgan fingerprint density at radius 3 is 2.19 bits per heavy atom. The molecule has 2 heteroatoms. The first-order valence-corrected chi connectivity index (χ1v) is 6.46. The Morgan fingerprint density at radius 1 is 1.31 bits per heavy atom.